The van der Waals surface area contributed by atoms with Gasteiger partial charge >= 0.3 is 0 Å². The number of hydrogen-bond donors (Lipinski definition) is 1. The van der Waals surface area contributed by atoms with Crippen LogP contribution in [0.1, 0.15) is 58.6 Å². The predicted molar refractivity (Wildman–Crippen MR) is 79.0 cm³/mol. The van der Waals surface area contributed by atoms with Crippen LogP contribution < -0.4 is 4.90 Å². The summed E-state index contributed by atoms with van der Waals surface area (Å²) in [6.45, 7) is 9.06. The predicted octanol–water partition coefficient (Wildman–Crippen LogP) is 4.28. The summed E-state index contributed by atoms with van der Waals surface area (Å²) in [5.74, 6) is -0.295. The maximum Gasteiger partial charge on any atom is 0.123 e. The van der Waals surface area contributed by atoms with Gasteiger partial charge in [0, 0.05) is 23.8 Å². The van der Waals surface area contributed by atoms with Crippen molar-refractivity contribution in [1.29, 1.82) is 0 Å². The third kappa shape index (κ3) is 4.50. The number of halogens is 1. The van der Waals surface area contributed by atoms with E-state index in [1.807, 2.05) is 0 Å². The topological polar surface area (TPSA) is 23.5 Å². The monoisotopic (exact) mass is 267 g/mol. The van der Waals surface area contributed by atoms with E-state index in [4.69, 9.17) is 0 Å². The third-order valence-electron chi connectivity index (χ3n) is 3.38. The first-order valence-electron chi connectivity index (χ1n) is 7.21. The molecule has 1 unspecified atom stereocenters. The SMILES string of the molecule is CCCCCN(c1ccc(F)cc1C(C)O)C(C)C. The number of aliphatic hydroxyl groups is 1. The quantitative estimate of drug-likeness (QED) is 0.745. The number of aliphatic hydroxyl groups excluding tert-OH is 1. The van der Waals surface area contributed by atoms with Crippen molar-refractivity contribution < 1.29 is 9.50 Å². The zero-order valence-electron chi connectivity index (χ0n) is 12.5. The highest BCUT2D eigenvalue weighted by molar-refractivity contribution is 5.55. The highest BCUT2D eigenvalue weighted by atomic mass is 19.1. The molecule has 0 aliphatic carbocycles. The Kier molecular flexibility index (Phi) is 6.29. The van der Waals surface area contributed by atoms with Gasteiger partial charge in [0.25, 0.3) is 0 Å². The van der Waals surface area contributed by atoms with Crippen molar-refractivity contribution in [1.82, 2.24) is 0 Å². The standard InChI is InChI=1S/C16H26FNO/c1-5-6-7-10-18(12(2)3)16-9-8-14(17)11-15(16)13(4)19/h8-9,11-13,19H,5-7,10H2,1-4H3. The van der Waals surface area contributed by atoms with Gasteiger partial charge in [-0.2, -0.15) is 0 Å². The van der Waals surface area contributed by atoms with Crippen LogP contribution in [0.2, 0.25) is 0 Å². The van der Waals surface area contributed by atoms with Crippen molar-refractivity contribution in [3.8, 4) is 0 Å². The van der Waals surface area contributed by atoms with E-state index in [0.717, 1.165) is 18.7 Å². The van der Waals surface area contributed by atoms with E-state index in [-0.39, 0.29) is 5.82 Å². The summed E-state index contributed by atoms with van der Waals surface area (Å²) < 4.78 is 13.3. The van der Waals surface area contributed by atoms with Gasteiger partial charge in [0.15, 0.2) is 0 Å². The lowest BCUT2D eigenvalue weighted by atomic mass is 10.1. The number of benzene rings is 1. The molecule has 0 spiro atoms. The Morgan fingerprint density at radius 3 is 2.42 bits per heavy atom. The molecule has 1 N–H and O–H groups in total. The van der Waals surface area contributed by atoms with Crippen molar-refractivity contribution in [3.05, 3.63) is 29.6 Å². The Bertz CT molecular complexity index is 390. The number of unbranched alkanes of at least 4 members (excludes halogenated alkanes) is 2. The molecule has 0 aliphatic heterocycles. The summed E-state index contributed by atoms with van der Waals surface area (Å²) in [4.78, 5) is 2.25. The molecule has 0 saturated carbocycles. The van der Waals surface area contributed by atoms with Gasteiger partial charge in [-0.05, 0) is 45.4 Å². The Balaban J connectivity index is 3.01. The van der Waals surface area contributed by atoms with Gasteiger partial charge < -0.3 is 10.0 Å². The van der Waals surface area contributed by atoms with Crippen LogP contribution in [0.15, 0.2) is 18.2 Å². The fourth-order valence-electron chi connectivity index (χ4n) is 2.31. The fraction of sp³-hybridized carbons (Fsp3) is 0.625. The Morgan fingerprint density at radius 2 is 1.89 bits per heavy atom. The van der Waals surface area contributed by atoms with Gasteiger partial charge in [-0.25, -0.2) is 4.39 Å². The summed E-state index contributed by atoms with van der Waals surface area (Å²) in [5, 5.41) is 9.84. The molecule has 1 aromatic rings. The molecule has 0 saturated heterocycles. The maximum absolute atomic E-state index is 13.3. The maximum atomic E-state index is 13.3. The number of anilines is 1. The van der Waals surface area contributed by atoms with Gasteiger partial charge in [-0.15, -0.1) is 0 Å². The minimum absolute atomic E-state index is 0.295. The van der Waals surface area contributed by atoms with Gasteiger partial charge in [-0.1, -0.05) is 19.8 Å². The summed E-state index contributed by atoms with van der Waals surface area (Å²) in [5.41, 5.74) is 1.62. The molecule has 0 heterocycles. The summed E-state index contributed by atoms with van der Waals surface area (Å²) >= 11 is 0. The van der Waals surface area contributed by atoms with E-state index in [1.165, 1.54) is 25.0 Å². The summed E-state index contributed by atoms with van der Waals surface area (Å²) in [6.07, 6.45) is 2.83. The smallest absolute Gasteiger partial charge is 0.123 e. The largest absolute Gasteiger partial charge is 0.389 e. The molecule has 1 aromatic carbocycles. The molecule has 0 aliphatic rings. The number of nitrogens with zero attached hydrogens (tertiary/aromatic N) is 1. The van der Waals surface area contributed by atoms with E-state index in [1.54, 1.807) is 13.0 Å². The van der Waals surface area contributed by atoms with Crippen molar-refractivity contribution in [3.63, 3.8) is 0 Å². The van der Waals surface area contributed by atoms with Gasteiger partial charge in [0.2, 0.25) is 0 Å². The van der Waals surface area contributed by atoms with Crippen molar-refractivity contribution in [2.45, 2.75) is 59.1 Å². The van der Waals surface area contributed by atoms with E-state index in [0.29, 0.717) is 11.6 Å². The van der Waals surface area contributed by atoms with E-state index in [9.17, 15) is 9.50 Å². The van der Waals surface area contributed by atoms with Crippen LogP contribution in [0, 0.1) is 5.82 Å². The van der Waals surface area contributed by atoms with Crippen LogP contribution in [0.25, 0.3) is 0 Å². The molecule has 108 valence electrons. The van der Waals surface area contributed by atoms with Crippen LogP contribution in [0.5, 0.6) is 0 Å². The second-order valence-electron chi connectivity index (χ2n) is 5.37. The third-order valence-corrected chi connectivity index (χ3v) is 3.38. The Hall–Kier alpha value is -1.09. The molecule has 0 aromatic heterocycles. The fourth-order valence-corrected chi connectivity index (χ4v) is 2.31. The van der Waals surface area contributed by atoms with Crippen molar-refractivity contribution in [2.24, 2.45) is 0 Å². The van der Waals surface area contributed by atoms with Crippen molar-refractivity contribution >= 4 is 5.69 Å². The lowest BCUT2D eigenvalue weighted by molar-refractivity contribution is 0.199. The average molecular weight is 267 g/mol. The molecule has 3 heteroatoms. The minimum atomic E-state index is -0.655. The average Bonchev–Trinajstić information content (AvgIpc) is 2.35. The highest BCUT2D eigenvalue weighted by Crippen LogP contribution is 2.29. The number of hydrogen-bond acceptors (Lipinski definition) is 2. The first-order valence-corrected chi connectivity index (χ1v) is 7.21. The molecule has 1 atom stereocenters. The second kappa shape index (κ2) is 7.49. The zero-order chi connectivity index (χ0) is 14.4. The Labute approximate surface area is 116 Å². The minimum Gasteiger partial charge on any atom is -0.389 e. The van der Waals surface area contributed by atoms with Gasteiger partial charge in [0.1, 0.15) is 5.82 Å². The van der Waals surface area contributed by atoms with Crippen LogP contribution >= 0.6 is 0 Å². The van der Waals surface area contributed by atoms with Gasteiger partial charge in [-0.3, -0.25) is 0 Å². The van der Waals surface area contributed by atoms with E-state index >= 15 is 0 Å². The van der Waals surface area contributed by atoms with Crippen LogP contribution in [-0.2, 0) is 0 Å². The molecule has 1 rings (SSSR count). The number of rotatable bonds is 7. The molecule has 0 amide bonds. The van der Waals surface area contributed by atoms with Crippen LogP contribution in [0.3, 0.4) is 0 Å². The van der Waals surface area contributed by atoms with Crippen LogP contribution in [0.4, 0.5) is 10.1 Å². The molecule has 19 heavy (non-hydrogen) atoms. The van der Waals surface area contributed by atoms with Crippen LogP contribution in [-0.4, -0.2) is 17.7 Å². The van der Waals surface area contributed by atoms with Gasteiger partial charge in [0.05, 0.1) is 6.10 Å². The van der Waals surface area contributed by atoms with Crippen molar-refractivity contribution in [2.75, 3.05) is 11.4 Å². The zero-order valence-corrected chi connectivity index (χ0v) is 12.5. The molecule has 0 radical (unpaired) electrons. The molecular formula is C16H26FNO. The van der Waals surface area contributed by atoms with E-state index < -0.39 is 6.10 Å². The molecule has 0 bridgehead atoms. The first kappa shape index (κ1) is 16.0. The highest BCUT2D eigenvalue weighted by Gasteiger charge is 2.17. The van der Waals surface area contributed by atoms with E-state index in [2.05, 4.69) is 25.7 Å². The Morgan fingerprint density at radius 1 is 1.21 bits per heavy atom. The first-order chi connectivity index (χ1) is 8.97. The lowest BCUT2D eigenvalue weighted by Gasteiger charge is -2.31. The summed E-state index contributed by atoms with van der Waals surface area (Å²) in [7, 11) is 0. The second-order valence-corrected chi connectivity index (χ2v) is 5.37. The summed E-state index contributed by atoms with van der Waals surface area (Å²) in [6, 6.07) is 5.02. The molecular weight excluding hydrogens is 241 g/mol. The normalized spacial score (nSPS) is 12.8. The lowest BCUT2D eigenvalue weighted by Crippen LogP contribution is -2.32. The molecule has 2 nitrogen and oxygen atoms in total. The molecule has 0 fully saturated rings.